The van der Waals surface area contributed by atoms with Crippen LogP contribution in [0.15, 0.2) is 24.3 Å². The van der Waals surface area contributed by atoms with Crippen LogP contribution >= 0.6 is 12.4 Å². The van der Waals surface area contributed by atoms with Crippen LogP contribution in [0, 0.1) is 0 Å². The lowest BCUT2D eigenvalue weighted by Gasteiger charge is -2.12. The van der Waals surface area contributed by atoms with Crippen molar-refractivity contribution in [1.29, 1.82) is 0 Å². The SMILES string of the molecule is Cl.O=C(CNCC1CCCO1)NCCc1ccccc1OC(F)F. The third-order valence-electron chi connectivity index (χ3n) is 3.59. The molecule has 1 amide bonds. The number of ether oxygens (including phenoxy) is 2. The molecule has 2 rings (SSSR count). The third kappa shape index (κ3) is 7.42. The van der Waals surface area contributed by atoms with Gasteiger partial charge in [-0.25, -0.2) is 0 Å². The fraction of sp³-hybridized carbons (Fsp3) is 0.562. The predicted molar refractivity (Wildman–Crippen MR) is 88.9 cm³/mol. The lowest BCUT2D eigenvalue weighted by atomic mass is 10.1. The van der Waals surface area contributed by atoms with E-state index in [-0.39, 0.29) is 36.7 Å². The molecule has 1 fully saturated rings. The van der Waals surface area contributed by atoms with Crippen LogP contribution in [0.5, 0.6) is 5.75 Å². The van der Waals surface area contributed by atoms with Gasteiger partial charge in [0.25, 0.3) is 0 Å². The molecule has 1 heterocycles. The van der Waals surface area contributed by atoms with Gasteiger partial charge in [-0.1, -0.05) is 18.2 Å². The molecule has 1 aliphatic heterocycles. The van der Waals surface area contributed by atoms with Crippen LogP contribution in [0.25, 0.3) is 0 Å². The van der Waals surface area contributed by atoms with E-state index in [0.29, 0.717) is 25.1 Å². The third-order valence-corrected chi connectivity index (χ3v) is 3.59. The first-order valence-electron chi connectivity index (χ1n) is 7.77. The summed E-state index contributed by atoms with van der Waals surface area (Å²) < 4.78 is 34.5. The van der Waals surface area contributed by atoms with Gasteiger partial charge < -0.3 is 20.1 Å². The highest BCUT2D eigenvalue weighted by molar-refractivity contribution is 5.85. The smallest absolute Gasteiger partial charge is 0.387 e. The van der Waals surface area contributed by atoms with Crippen molar-refractivity contribution in [2.24, 2.45) is 0 Å². The number of amides is 1. The first-order valence-corrected chi connectivity index (χ1v) is 7.77. The van der Waals surface area contributed by atoms with Crippen LogP contribution in [-0.4, -0.2) is 44.9 Å². The van der Waals surface area contributed by atoms with Crippen molar-refractivity contribution in [3.8, 4) is 5.75 Å². The second-order valence-electron chi connectivity index (χ2n) is 5.35. The second-order valence-corrected chi connectivity index (χ2v) is 5.35. The Labute approximate surface area is 146 Å². The lowest BCUT2D eigenvalue weighted by molar-refractivity contribution is -0.120. The van der Waals surface area contributed by atoms with E-state index in [4.69, 9.17) is 4.74 Å². The standard InChI is InChI=1S/C16H22F2N2O3.ClH/c17-16(18)23-14-6-2-1-4-12(14)7-8-20-15(21)11-19-10-13-5-3-9-22-13;/h1-2,4,6,13,16,19H,3,5,7-11H2,(H,20,21);1H. The molecule has 1 aliphatic rings. The van der Waals surface area contributed by atoms with E-state index in [2.05, 4.69) is 15.4 Å². The zero-order valence-electron chi connectivity index (χ0n) is 13.3. The number of halogens is 3. The number of nitrogens with one attached hydrogen (secondary N) is 2. The van der Waals surface area contributed by atoms with Crippen LogP contribution in [0.4, 0.5) is 8.78 Å². The predicted octanol–water partition coefficient (Wildman–Crippen LogP) is 2.14. The van der Waals surface area contributed by atoms with E-state index in [0.717, 1.165) is 19.4 Å². The molecule has 0 radical (unpaired) electrons. The van der Waals surface area contributed by atoms with Gasteiger partial charge in [-0.15, -0.1) is 12.4 Å². The van der Waals surface area contributed by atoms with Gasteiger partial charge in [0.2, 0.25) is 5.91 Å². The van der Waals surface area contributed by atoms with Crippen molar-refractivity contribution in [2.45, 2.75) is 32.0 Å². The Hall–Kier alpha value is -1.44. The van der Waals surface area contributed by atoms with Gasteiger partial charge in [0.05, 0.1) is 12.6 Å². The number of alkyl halides is 2. The summed E-state index contributed by atoms with van der Waals surface area (Å²) in [6.45, 7) is -0.816. The summed E-state index contributed by atoms with van der Waals surface area (Å²) >= 11 is 0. The minimum absolute atomic E-state index is 0. The highest BCUT2D eigenvalue weighted by atomic mass is 35.5. The maximum absolute atomic E-state index is 12.3. The normalized spacial score (nSPS) is 16.7. The Bertz CT molecular complexity index is 500. The average molecular weight is 365 g/mol. The molecule has 1 aromatic carbocycles. The number of benzene rings is 1. The summed E-state index contributed by atoms with van der Waals surface area (Å²) in [5.41, 5.74) is 0.639. The molecule has 24 heavy (non-hydrogen) atoms. The molecule has 0 saturated carbocycles. The second kappa shape index (κ2) is 11.2. The number of para-hydroxylation sites is 1. The van der Waals surface area contributed by atoms with Crippen LogP contribution in [0.3, 0.4) is 0 Å². The molecule has 0 aromatic heterocycles. The number of hydrogen-bond acceptors (Lipinski definition) is 4. The Morgan fingerprint density at radius 2 is 2.17 bits per heavy atom. The zero-order valence-corrected chi connectivity index (χ0v) is 14.1. The number of rotatable bonds is 9. The fourth-order valence-electron chi connectivity index (χ4n) is 2.47. The van der Waals surface area contributed by atoms with Gasteiger partial charge >= 0.3 is 6.61 Å². The maximum atomic E-state index is 12.3. The van der Waals surface area contributed by atoms with Gasteiger partial charge in [-0.2, -0.15) is 8.78 Å². The number of hydrogen-bond donors (Lipinski definition) is 2. The quantitative estimate of drug-likeness (QED) is 0.705. The van der Waals surface area contributed by atoms with Gasteiger partial charge in [-0.3, -0.25) is 4.79 Å². The largest absolute Gasteiger partial charge is 0.435 e. The number of carbonyl (C=O) groups excluding carboxylic acids is 1. The minimum atomic E-state index is -2.85. The lowest BCUT2D eigenvalue weighted by Crippen LogP contribution is -2.37. The van der Waals surface area contributed by atoms with Crippen molar-refractivity contribution in [3.63, 3.8) is 0 Å². The molecule has 5 nitrogen and oxygen atoms in total. The van der Waals surface area contributed by atoms with Crippen molar-refractivity contribution in [1.82, 2.24) is 10.6 Å². The van der Waals surface area contributed by atoms with Crippen molar-refractivity contribution >= 4 is 18.3 Å². The zero-order chi connectivity index (χ0) is 16.5. The summed E-state index contributed by atoms with van der Waals surface area (Å²) in [7, 11) is 0. The molecule has 0 aliphatic carbocycles. The molecule has 0 spiro atoms. The summed E-state index contributed by atoms with van der Waals surface area (Å²) in [5, 5.41) is 5.80. The minimum Gasteiger partial charge on any atom is -0.435 e. The summed E-state index contributed by atoms with van der Waals surface area (Å²) in [4.78, 5) is 11.7. The molecule has 2 N–H and O–H groups in total. The monoisotopic (exact) mass is 364 g/mol. The first-order chi connectivity index (χ1) is 11.1. The summed E-state index contributed by atoms with van der Waals surface area (Å²) in [5.74, 6) is 0.0171. The van der Waals surface area contributed by atoms with E-state index >= 15 is 0 Å². The van der Waals surface area contributed by atoms with Crippen molar-refractivity contribution < 1.29 is 23.0 Å². The average Bonchev–Trinajstić information content (AvgIpc) is 3.02. The molecule has 0 bridgehead atoms. The summed E-state index contributed by atoms with van der Waals surface area (Å²) in [6.07, 6.45) is 2.72. The van der Waals surface area contributed by atoms with E-state index in [1.54, 1.807) is 18.2 Å². The Kier molecular flexibility index (Phi) is 9.59. The van der Waals surface area contributed by atoms with Crippen LogP contribution in [-0.2, 0) is 16.0 Å². The molecule has 1 unspecified atom stereocenters. The molecule has 1 aromatic rings. The van der Waals surface area contributed by atoms with E-state index in [9.17, 15) is 13.6 Å². The van der Waals surface area contributed by atoms with E-state index < -0.39 is 6.61 Å². The van der Waals surface area contributed by atoms with E-state index in [1.807, 2.05) is 0 Å². The first kappa shape index (κ1) is 20.6. The summed E-state index contributed by atoms with van der Waals surface area (Å²) in [6, 6.07) is 6.58. The Balaban J connectivity index is 0.00000288. The van der Waals surface area contributed by atoms with Crippen LogP contribution in [0.1, 0.15) is 18.4 Å². The van der Waals surface area contributed by atoms with Gasteiger partial charge in [-0.05, 0) is 30.9 Å². The van der Waals surface area contributed by atoms with Gasteiger partial charge in [0, 0.05) is 19.7 Å². The highest BCUT2D eigenvalue weighted by Gasteiger charge is 2.15. The van der Waals surface area contributed by atoms with Gasteiger partial charge in [0.15, 0.2) is 0 Å². The van der Waals surface area contributed by atoms with Crippen molar-refractivity contribution in [2.75, 3.05) is 26.2 Å². The van der Waals surface area contributed by atoms with Gasteiger partial charge in [0.1, 0.15) is 5.75 Å². The van der Waals surface area contributed by atoms with Crippen LogP contribution in [0.2, 0.25) is 0 Å². The molecule has 1 atom stereocenters. The Morgan fingerprint density at radius 1 is 1.38 bits per heavy atom. The molecule has 8 heteroatoms. The van der Waals surface area contributed by atoms with E-state index in [1.165, 1.54) is 6.07 Å². The Morgan fingerprint density at radius 3 is 2.88 bits per heavy atom. The molecular formula is C16H23ClF2N2O3. The topological polar surface area (TPSA) is 59.6 Å². The van der Waals surface area contributed by atoms with Crippen molar-refractivity contribution in [3.05, 3.63) is 29.8 Å². The molecule has 136 valence electrons. The maximum Gasteiger partial charge on any atom is 0.387 e. The number of carbonyl (C=O) groups is 1. The molecule has 1 saturated heterocycles. The van der Waals surface area contributed by atoms with Crippen LogP contribution < -0.4 is 15.4 Å². The highest BCUT2D eigenvalue weighted by Crippen LogP contribution is 2.20. The fourth-order valence-corrected chi connectivity index (χ4v) is 2.47. The molecular weight excluding hydrogens is 342 g/mol.